The van der Waals surface area contributed by atoms with Crippen molar-refractivity contribution in [2.24, 2.45) is 0 Å². The third kappa shape index (κ3) is 5.33. The van der Waals surface area contributed by atoms with Gasteiger partial charge in [-0.05, 0) is 48.6 Å². The number of aromatic nitrogens is 2. The maximum atomic E-state index is 14.0. The first-order valence-electron chi connectivity index (χ1n) is 15.0. The number of fused-ring (bicyclic) bond motifs is 2. The maximum absolute atomic E-state index is 14.0. The van der Waals surface area contributed by atoms with Gasteiger partial charge in [0.25, 0.3) is 0 Å². The van der Waals surface area contributed by atoms with Crippen LogP contribution in [0.3, 0.4) is 0 Å². The average molecular weight is 652 g/mol. The zero-order valence-corrected chi connectivity index (χ0v) is 25.9. The molecule has 2 aromatic heterocycles. The number of thiazole rings is 1. The first-order chi connectivity index (χ1) is 22.8. The SMILES string of the molecule is CC[C@@H](Nc1c(C#N)cnc2c(C#N)cc(N[C@H](C3=CN(C4(C(F)(F)F)CC4)NN3)c3cccc4ncsc34)cc12)c1ccccc1. The number of rotatable bonds is 9. The lowest BCUT2D eigenvalue weighted by atomic mass is 9.99. The predicted molar refractivity (Wildman–Crippen MR) is 174 cm³/mol. The van der Waals surface area contributed by atoms with Crippen molar-refractivity contribution in [2.45, 2.75) is 50.0 Å². The molecular formula is C34H28F3N9S. The van der Waals surface area contributed by atoms with Crippen molar-refractivity contribution in [3.05, 3.63) is 107 Å². The molecule has 0 unspecified atom stereocenters. The van der Waals surface area contributed by atoms with Crippen LogP contribution in [-0.4, -0.2) is 26.7 Å². The number of halogens is 3. The zero-order chi connectivity index (χ0) is 32.8. The van der Waals surface area contributed by atoms with Crippen LogP contribution in [0.5, 0.6) is 0 Å². The fourth-order valence-electron chi connectivity index (χ4n) is 6.10. The van der Waals surface area contributed by atoms with Crippen LogP contribution < -0.4 is 21.6 Å². The number of nitrogens with one attached hydrogen (secondary N) is 4. The van der Waals surface area contributed by atoms with Crippen molar-refractivity contribution in [3.63, 3.8) is 0 Å². The smallest absolute Gasteiger partial charge is 0.377 e. The van der Waals surface area contributed by atoms with Crippen LogP contribution in [0.4, 0.5) is 24.5 Å². The standard InChI is InChI=1S/C34H28F3N9S/c1-2-26(20-7-4-3-5-8-20)43-30-22(16-39)17-40-29-21(15-38)13-23(14-25(29)30)42-31(24-9-6-10-27-32(24)47-19-41-27)28-18-46(45-44-28)33(11-12-33)34(35,36)37/h3-10,13-14,17-19,26,31,42,44-45H,2,11-12H2,1H3,(H,40,43)/t26-,31+/m1/s1. The number of pyridine rings is 1. The zero-order valence-electron chi connectivity index (χ0n) is 25.1. The number of nitriles is 2. The van der Waals surface area contributed by atoms with Crippen molar-refractivity contribution in [1.82, 2.24) is 25.9 Å². The molecule has 0 spiro atoms. The molecule has 1 aliphatic heterocycles. The minimum atomic E-state index is -4.42. The van der Waals surface area contributed by atoms with Crippen LogP contribution in [0.2, 0.25) is 0 Å². The van der Waals surface area contributed by atoms with Crippen LogP contribution in [0, 0.1) is 22.7 Å². The fourth-order valence-corrected chi connectivity index (χ4v) is 6.94. The number of anilines is 2. The third-order valence-electron chi connectivity index (χ3n) is 8.76. The van der Waals surface area contributed by atoms with E-state index in [-0.39, 0.29) is 24.4 Å². The van der Waals surface area contributed by atoms with Gasteiger partial charge in [0.15, 0.2) is 5.54 Å². The van der Waals surface area contributed by atoms with Crippen molar-refractivity contribution in [1.29, 1.82) is 10.5 Å². The molecule has 2 atom stereocenters. The second-order valence-electron chi connectivity index (χ2n) is 11.6. The van der Waals surface area contributed by atoms with Gasteiger partial charge in [-0.25, -0.2) is 4.98 Å². The van der Waals surface area contributed by atoms with Crippen LogP contribution in [-0.2, 0) is 0 Å². The molecule has 1 saturated carbocycles. The van der Waals surface area contributed by atoms with E-state index in [1.165, 1.54) is 23.7 Å². The molecule has 5 aromatic rings. The van der Waals surface area contributed by atoms with E-state index >= 15 is 0 Å². The third-order valence-corrected chi connectivity index (χ3v) is 9.65. The lowest BCUT2D eigenvalue weighted by molar-refractivity contribution is -0.195. The Labute approximate surface area is 272 Å². The highest BCUT2D eigenvalue weighted by Gasteiger charge is 2.67. The summed E-state index contributed by atoms with van der Waals surface area (Å²) in [7, 11) is 0. The van der Waals surface area contributed by atoms with Gasteiger partial charge in [-0.15, -0.1) is 16.9 Å². The fraction of sp³-hybridized carbons (Fsp3) is 0.235. The minimum Gasteiger partial charge on any atom is -0.377 e. The van der Waals surface area contributed by atoms with Gasteiger partial charge in [0, 0.05) is 23.5 Å². The predicted octanol–water partition coefficient (Wildman–Crippen LogP) is 7.57. The number of alkyl halides is 3. The molecule has 4 N–H and O–H groups in total. The molecule has 47 heavy (non-hydrogen) atoms. The van der Waals surface area contributed by atoms with Gasteiger partial charge < -0.3 is 16.1 Å². The van der Waals surface area contributed by atoms with Crippen LogP contribution in [0.15, 0.2) is 84.3 Å². The second-order valence-corrected chi connectivity index (χ2v) is 12.4. The number of hydrazine groups is 2. The summed E-state index contributed by atoms with van der Waals surface area (Å²) >= 11 is 1.43. The monoisotopic (exact) mass is 651 g/mol. The maximum Gasteiger partial charge on any atom is 0.413 e. The molecule has 3 heterocycles. The Kier molecular flexibility index (Phi) is 7.59. The Morgan fingerprint density at radius 3 is 2.51 bits per heavy atom. The largest absolute Gasteiger partial charge is 0.413 e. The summed E-state index contributed by atoms with van der Waals surface area (Å²) in [4.78, 5) is 8.92. The minimum absolute atomic E-state index is 0.0145. The highest BCUT2D eigenvalue weighted by atomic mass is 32.1. The highest BCUT2D eigenvalue weighted by molar-refractivity contribution is 7.17. The summed E-state index contributed by atoms with van der Waals surface area (Å²) in [6.45, 7) is 2.04. The van der Waals surface area contributed by atoms with Crippen LogP contribution in [0.25, 0.3) is 21.1 Å². The molecule has 7 rings (SSSR count). The Bertz CT molecular complexity index is 2090. The second kappa shape index (κ2) is 11.8. The quantitative estimate of drug-likeness (QED) is 0.128. The molecule has 0 saturated heterocycles. The van der Waals surface area contributed by atoms with Crippen LogP contribution >= 0.6 is 11.3 Å². The Morgan fingerprint density at radius 1 is 1.02 bits per heavy atom. The van der Waals surface area contributed by atoms with E-state index in [9.17, 15) is 23.7 Å². The molecule has 1 aliphatic carbocycles. The van der Waals surface area contributed by atoms with E-state index in [0.29, 0.717) is 33.5 Å². The van der Waals surface area contributed by atoms with E-state index in [2.05, 4.69) is 43.7 Å². The molecule has 2 aliphatic rings. The summed E-state index contributed by atoms with van der Waals surface area (Å²) < 4.78 is 43.0. The van der Waals surface area contributed by atoms with Gasteiger partial charge in [-0.3, -0.25) is 9.99 Å². The van der Waals surface area contributed by atoms with Crippen molar-refractivity contribution >= 4 is 43.8 Å². The highest BCUT2D eigenvalue weighted by Crippen LogP contribution is 2.54. The van der Waals surface area contributed by atoms with Gasteiger partial charge in [-0.1, -0.05) is 49.4 Å². The Hall–Kier alpha value is -5.37. The lowest BCUT2D eigenvalue weighted by Gasteiger charge is -2.28. The first kappa shape index (κ1) is 30.3. The molecule has 13 heteroatoms. The van der Waals surface area contributed by atoms with Crippen molar-refractivity contribution < 1.29 is 13.2 Å². The topological polar surface area (TPSA) is 125 Å². The number of hydrogen-bond donors (Lipinski definition) is 4. The molecule has 0 bridgehead atoms. The molecule has 3 aromatic carbocycles. The Morgan fingerprint density at radius 2 is 1.81 bits per heavy atom. The first-order valence-corrected chi connectivity index (χ1v) is 15.9. The van der Waals surface area contributed by atoms with Crippen molar-refractivity contribution in [2.75, 3.05) is 10.6 Å². The van der Waals surface area contributed by atoms with Gasteiger partial charge in [0.1, 0.15) is 12.1 Å². The van der Waals surface area contributed by atoms with Gasteiger partial charge in [0.05, 0.1) is 55.8 Å². The normalized spacial score (nSPS) is 16.6. The van der Waals surface area contributed by atoms with Crippen LogP contribution in [0.1, 0.15) is 60.5 Å². The molecule has 9 nitrogen and oxygen atoms in total. The van der Waals surface area contributed by atoms with Gasteiger partial charge in [-0.2, -0.15) is 23.7 Å². The molecule has 0 radical (unpaired) electrons. The number of hydrogen-bond acceptors (Lipinski definition) is 10. The summed E-state index contributed by atoms with van der Waals surface area (Å²) in [6.07, 6.45) is -0.798. The molecule has 1 fully saturated rings. The Balaban J connectivity index is 1.34. The van der Waals surface area contributed by atoms with E-state index in [1.807, 2.05) is 61.5 Å². The molecular weight excluding hydrogens is 623 g/mol. The van der Waals surface area contributed by atoms with E-state index in [1.54, 1.807) is 11.6 Å². The number of nitrogens with zero attached hydrogens (tertiary/aromatic N) is 5. The average Bonchev–Trinajstić information content (AvgIpc) is 3.52. The summed E-state index contributed by atoms with van der Waals surface area (Å²) in [5, 5.41) is 29.0. The summed E-state index contributed by atoms with van der Waals surface area (Å²) in [5.41, 5.74) is 10.6. The lowest BCUT2D eigenvalue weighted by Crippen LogP contribution is -2.52. The molecule has 0 amide bonds. The van der Waals surface area contributed by atoms with Crippen molar-refractivity contribution in [3.8, 4) is 12.1 Å². The van der Waals surface area contributed by atoms with E-state index in [4.69, 9.17) is 0 Å². The summed E-state index contributed by atoms with van der Waals surface area (Å²) in [5.74, 6) is 0. The summed E-state index contributed by atoms with van der Waals surface area (Å²) in [6, 6.07) is 22.7. The number of benzene rings is 3. The van der Waals surface area contributed by atoms with Gasteiger partial charge >= 0.3 is 6.18 Å². The van der Waals surface area contributed by atoms with E-state index < -0.39 is 17.8 Å². The van der Waals surface area contributed by atoms with E-state index in [0.717, 1.165) is 32.8 Å². The molecule has 236 valence electrons. The van der Waals surface area contributed by atoms with Gasteiger partial charge in [0.2, 0.25) is 0 Å².